The number of hydrogen-bond donors (Lipinski definition) is 1. The van der Waals surface area contributed by atoms with E-state index in [1.807, 2.05) is 6.07 Å². The number of nitrogens with one attached hydrogen (secondary N) is 1. The van der Waals surface area contributed by atoms with Crippen LogP contribution in [0.5, 0.6) is 0 Å². The van der Waals surface area contributed by atoms with Crippen LogP contribution in [0.25, 0.3) is 0 Å². The Morgan fingerprint density at radius 3 is 2.94 bits per heavy atom. The number of methoxy groups -OCH3 is 1. The summed E-state index contributed by atoms with van der Waals surface area (Å²) in [5.74, 6) is 0.00130. The Morgan fingerprint density at radius 1 is 1.56 bits per heavy atom. The summed E-state index contributed by atoms with van der Waals surface area (Å²) in [6.45, 7) is 1.37. The van der Waals surface area contributed by atoms with Crippen LogP contribution in [0.15, 0.2) is 18.2 Å². The molecule has 1 aliphatic rings. The fourth-order valence-electron chi connectivity index (χ4n) is 2.19. The number of likely N-dealkylation sites (tertiary alicyclic amines) is 1. The van der Waals surface area contributed by atoms with Gasteiger partial charge in [0.25, 0.3) is 5.91 Å². The van der Waals surface area contributed by atoms with E-state index >= 15 is 0 Å². The molecule has 0 aromatic heterocycles. The molecule has 1 aliphatic heterocycles. The van der Waals surface area contributed by atoms with Crippen molar-refractivity contribution in [1.82, 2.24) is 4.90 Å². The SMILES string of the molecule is CNc1ccc(Cl)cc1C(=O)N1CCC(OC)C1. The van der Waals surface area contributed by atoms with Gasteiger partial charge in [-0.3, -0.25) is 4.79 Å². The lowest BCUT2D eigenvalue weighted by molar-refractivity contribution is 0.0725. The van der Waals surface area contributed by atoms with Gasteiger partial charge in [-0.15, -0.1) is 0 Å². The molecule has 4 nitrogen and oxygen atoms in total. The Morgan fingerprint density at radius 2 is 2.33 bits per heavy atom. The summed E-state index contributed by atoms with van der Waals surface area (Å²) in [5, 5.41) is 3.58. The Bertz CT molecular complexity index is 451. The van der Waals surface area contributed by atoms with E-state index in [4.69, 9.17) is 16.3 Å². The molecule has 0 bridgehead atoms. The van der Waals surface area contributed by atoms with Gasteiger partial charge in [-0.05, 0) is 24.6 Å². The summed E-state index contributed by atoms with van der Waals surface area (Å²) >= 11 is 5.96. The molecule has 1 saturated heterocycles. The summed E-state index contributed by atoms with van der Waals surface area (Å²) in [5.41, 5.74) is 1.41. The Hall–Kier alpha value is -1.26. The average Bonchev–Trinajstić information content (AvgIpc) is 2.86. The number of hydrogen-bond acceptors (Lipinski definition) is 3. The van der Waals surface area contributed by atoms with Crippen molar-refractivity contribution < 1.29 is 9.53 Å². The molecule has 1 heterocycles. The maximum Gasteiger partial charge on any atom is 0.256 e. The molecule has 0 aliphatic carbocycles. The van der Waals surface area contributed by atoms with Gasteiger partial charge in [0.1, 0.15) is 0 Å². The van der Waals surface area contributed by atoms with Gasteiger partial charge in [0.05, 0.1) is 11.7 Å². The molecule has 2 rings (SSSR count). The highest BCUT2D eigenvalue weighted by Crippen LogP contribution is 2.24. The minimum Gasteiger partial charge on any atom is -0.387 e. The molecule has 1 atom stereocenters. The van der Waals surface area contributed by atoms with Crippen molar-refractivity contribution in [2.75, 3.05) is 32.6 Å². The van der Waals surface area contributed by atoms with Crippen LogP contribution in [-0.4, -0.2) is 44.2 Å². The Labute approximate surface area is 112 Å². The number of anilines is 1. The van der Waals surface area contributed by atoms with Gasteiger partial charge in [0.2, 0.25) is 0 Å². The number of benzene rings is 1. The second-order valence-electron chi connectivity index (χ2n) is 4.34. The molecule has 1 aromatic carbocycles. The quantitative estimate of drug-likeness (QED) is 0.914. The van der Waals surface area contributed by atoms with Crippen LogP contribution < -0.4 is 5.32 Å². The second kappa shape index (κ2) is 5.59. The van der Waals surface area contributed by atoms with Crippen LogP contribution in [-0.2, 0) is 4.74 Å². The number of rotatable bonds is 3. The second-order valence-corrected chi connectivity index (χ2v) is 4.77. The average molecular weight is 269 g/mol. The molecular formula is C13H17ClN2O2. The van der Waals surface area contributed by atoms with Gasteiger partial charge in [-0.1, -0.05) is 11.6 Å². The standard InChI is InChI=1S/C13H17ClN2O2/c1-15-12-4-3-9(14)7-11(12)13(17)16-6-5-10(8-16)18-2/h3-4,7,10,15H,5-6,8H2,1-2H3. The van der Waals surface area contributed by atoms with E-state index < -0.39 is 0 Å². The summed E-state index contributed by atoms with van der Waals surface area (Å²) in [6.07, 6.45) is 1.03. The minimum absolute atomic E-state index is 0.00130. The van der Waals surface area contributed by atoms with Crippen LogP contribution >= 0.6 is 11.6 Å². The lowest BCUT2D eigenvalue weighted by atomic mass is 10.1. The number of halogens is 1. The zero-order chi connectivity index (χ0) is 13.1. The van der Waals surface area contributed by atoms with Crippen molar-refractivity contribution in [1.29, 1.82) is 0 Å². The topological polar surface area (TPSA) is 41.6 Å². The van der Waals surface area contributed by atoms with Crippen molar-refractivity contribution in [3.63, 3.8) is 0 Å². The van der Waals surface area contributed by atoms with E-state index in [1.165, 1.54) is 0 Å². The highest BCUT2D eigenvalue weighted by molar-refractivity contribution is 6.31. The zero-order valence-electron chi connectivity index (χ0n) is 10.6. The smallest absolute Gasteiger partial charge is 0.256 e. The van der Waals surface area contributed by atoms with E-state index in [1.54, 1.807) is 31.2 Å². The zero-order valence-corrected chi connectivity index (χ0v) is 11.3. The van der Waals surface area contributed by atoms with Crippen LogP contribution in [0, 0.1) is 0 Å². The van der Waals surface area contributed by atoms with Crippen molar-refractivity contribution in [2.45, 2.75) is 12.5 Å². The van der Waals surface area contributed by atoms with E-state index in [2.05, 4.69) is 5.32 Å². The lowest BCUT2D eigenvalue weighted by Crippen LogP contribution is -2.30. The third-order valence-electron chi connectivity index (χ3n) is 3.25. The minimum atomic E-state index is 0.00130. The van der Waals surface area contributed by atoms with Crippen molar-refractivity contribution in [3.8, 4) is 0 Å². The Kier molecular flexibility index (Phi) is 4.09. The fourth-order valence-corrected chi connectivity index (χ4v) is 2.36. The van der Waals surface area contributed by atoms with Gasteiger partial charge >= 0.3 is 0 Å². The Balaban J connectivity index is 2.21. The predicted octanol–water partition coefficient (Wildman–Crippen LogP) is 2.24. The molecule has 98 valence electrons. The largest absolute Gasteiger partial charge is 0.387 e. The molecule has 0 radical (unpaired) electrons. The predicted molar refractivity (Wildman–Crippen MR) is 72.3 cm³/mol. The number of nitrogens with zero attached hydrogens (tertiary/aromatic N) is 1. The lowest BCUT2D eigenvalue weighted by Gasteiger charge is -2.18. The van der Waals surface area contributed by atoms with Gasteiger partial charge < -0.3 is 15.0 Å². The van der Waals surface area contributed by atoms with E-state index in [9.17, 15) is 4.79 Å². The van der Waals surface area contributed by atoms with E-state index in [0.717, 1.165) is 18.7 Å². The molecule has 18 heavy (non-hydrogen) atoms. The maximum atomic E-state index is 12.4. The third kappa shape index (κ3) is 2.60. The summed E-state index contributed by atoms with van der Waals surface area (Å²) in [4.78, 5) is 14.2. The first-order valence-electron chi connectivity index (χ1n) is 5.95. The van der Waals surface area contributed by atoms with Crippen LogP contribution in [0.3, 0.4) is 0 Å². The highest BCUT2D eigenvalue weighted by atomic mass is 35.5. The number of amides is 1. The normalized spacial score (nSPS) is 19.1. The van der Waals surface area contributed by atoms with E-state index in [0.29, 0.717) is 17.1 Å². The van der Waals surface area contributed by atoms with Gasteiger partial charge in [-0.25, -0.2) is 0 Å². The summed E-state index contributed by atoms with van der Waals surface area (Å²) < 4.78 is 5.27. The fraction of sp³-hybridized carbons (Fsp3) is 0.462. The monoisotopic (exact) mass is 268 g/mol. The van der Waals surface area contributed by atoms with E-state index in [-0.39, 0.29) is 12.0 Å². The molecule has 1 unspecified atom stereocenters. The summed E-state index contributed by atoms with van der Waals surface area (Å²) in [7, 11) is 3.47. The summed E-state index contributed by atoms with van der Waals surface area (Å²) in [6, 6.07) is 5.29. The molecule has 0 spiro atoms. The van der Waals surface area contributed by atoms with Gasteiger partial charge in [-0.2, -0.15) is 0 Å². The maximum absolute atomic E-state index is 12.4. The number of carbonyl (C=O) groups excluding carboxylic acids is 1. The molecule has 1 amide bonds. The first kappa shape index (κ1) is 13.2. The number of ether oxygens (including phenoxy) is 1. The van der Waals surface area contributed by atoms with Crippen molar-refractivity contribution >= 4 is 23.2 Å². The molecule has 1 N–H and O–H groups in total. The van der Waals surface area contributed by atoms with Gasteiger partial charge in [0.15, 0.2) is 0 Å². The molecule has 1 aromatic rings. The first-order valence-corrected chi connectivity index (χ1v) is 6.33. The van der Waals surface area contributed by atoms with Gasteiger partial charge in [0, 0.05) is 38.0 Å². The molecular weight excluding hydrogens is 252 g/mol. The molecule has 0 saturated carbocycles. The first-order chi connectivity index (χ1) is 8.65. The molecule has 1 fully saturated rings. The molecule has 5 heteroatoms. The van der Waals surface area contributed by atoms with Crippen LogP contribution in [0.4, 0.5) is 5.69 Å². The van der Waals surface area contributed by atoms with Crippen LogP contribution in [0.2, 0.25) is 5.02 Å². The van der Waals surface area contributed by atoms with Crippen LogP contribution in [0.1, 0.15) is 16.8 Å². The highest BCUT2D eigenvalue weighted by Gasteiger charge is 2.27. The third-order valence-corrected chi connectivity index (χ3v) is 3.48. The van der Waals surface area contributed by atoms with Crippen molar-refractivity contribution in [3.05, 3.63) is 28.8 Å². The van der Waals surface area contributed by atoms with Crippen molar-refractivity contribution in [2.24, 2.45) is 0 Å². The number of carbonyl (C=O) groups is 1.